The molecular weight excluding hydrogens is 372 g/mol. The summed E-state index contributed by atoms with van der Waals surface area (Å²) in [5, 5.41) is 10.0. The molecule has 0 unspecified atom stereocenters. The molecule has 2 aromatic carbocycles. The number of anilines is 1. The van der Waals surface area contributed by atoms with Crippen molar-refractivity contribution in [3.63, 3.8) is 0 Å². The first-order valence-electron chi connectivity index (χ1n) is 10.8. The van der Waals surface area contributed by atoms with E-state index < -0.39 is 0 Å². The van der Waals surface area contributed by atoms with E-state index in [1.165, 1.54) is 5.56 Å². The van der Waals surface area contributed by atoms with Gasteiger partial charge in [0.1, 0.15) is 11.6 Å². The fraction of sp³-hybridized carbons (Fsp3) is 0.440. The van der Waals surface area contributed by atoms with Crippen LogP contribution >= 0.6 is 0 Å². The maximum atomic E-state index is 10.0. The van der Waals surface area contributed by atoms with Crippen molar-refractivity contribution in [1.82, 2.24) is 9.88 Å². The van der Waals surface area contributed by atoms with Crippen molar-refractivity contribution in [2.24, 2.45) is 0 Å². The number of nitriles is 1. The van der Waals surface area contributed by atoms with Crippen LogP contribution < -0.4 is 4.90 Å². The lowest BCUT2D eigenvalue weighted by atomic mass is 9.92. The maximum absolute atomic E-state index is 10.0. The second kappa shape index (κ2) is 7.14. The Morgan fingerprint density at radius 2 is 2.00 bits per heavy atom. The number of hydrogen-bond donors (Lipinski definition) is 0. The standard InChI is InChI=1S/C25H28N4O/c1-15-6-5-7-18(12-15)21-16(2)20(13-26)22-24(30-25(27-22)17-8-9-17)23(21)29-11-10-19(14-29)28(3)4/h5-7,12,17,19H,8-11,14H2,1-4H3/t19-/m0/s1. The van der Waals surface area contributed by atoms with Crippen molar-refractivity contribution < 1.29 is 4.42 Å². The first-order chi connectivity index (χ1) is 14.5. The molecule has 1 saturated heterocycles. The minimum absolute atomic E-state index is 0.410. The Kier molecular flexibility index (Phi) is 4.56. The number of oxazole rings is 1. The maximum Gasteiger partial charge on any atom is 0.198 e. The third-order valence-electron chi connectivity index (χ3n) is 6.64. The van der Waals surface area contributed by atoms with E-state index in [1.807, 2.05) is 0 Å². The van der Waals surface area contributed by atoms with Crippen molar-refractivity contribution in [3.8, 4) is 17.2 Å². The van der Waals surface area contributed by atoms with Gasteiger partial charge in [-0.2, -0.15) is 5.26 Å². The average Bonchev–Trinajstić information content (AvgIpc) is 3.28. The fourth-order valence-electron chi connectivity index (χ4n) is 4.72. The van der Waals surface area contributed by atoms with Crippen LogP contribution in [0.3, 0.4) is 0 Å². The van der Waals surface area contributed by atoms with E-state index in [9.17, 15) is 5.26 Å². The highest BCUT2D eigenvalue weighted by Crippen LogP contribution is 2.47. The molecule has 1 aliphatic heterocycles. The number of likely N-dealkylation sites (N-methyl/N-ethyl adjacent to an activating group) is 1. The number of aryl methyl sites for hydroxylation is 1. The van der Waals surface area contributed by atoms with E-state index in [1.54, 1.807) is 0 Å². The van der Waals surface area contributed by atoms with Crippen molar-refractivity contribution in [1.29, 1.82) is 5.26 Å². The first kappa shape index (κ1) is 19.1. The van der Waals surface area contributed by atoms with Crippen molar-refractivity contribution >= 4 is 16.8 Å². The minimum atomic E-state index is 0.410. The Labute approximate surface area is 177 Å². The van der Waals surface area contributed by atoms with Gasteiger partial charge in [0, 0.05) is 30.6 Å². The average molecular weight is 401 g/mol. The van der Waals surface area contributed by atoms with E-state index in [0.717, 1.165) is 71.7 Å². The van der Waals surface area contributed by atoms with Crippen molar-refractivity contribution in [3.05, 3.63) is 46.8 Å². The molecule has 0 spiro atoms. The number of nitrogens with zero attached hydrogens (tertiary/aromatic N) is 4. The molecule has 3 aromatic rings. The van der Waals surface area contributed by atoms with Crippen molar-refractivity contribution in [2.45, 2.75) is 45.1 Å². The van der Waals surface area contributed by atoms with E-state index in [4.69, 9.17) is 9.40 Å². The molecule has 1 aliphatic carbocycles. The molecule has 154 valence electrons. The Hall–Kier alpha value is -2.84. The Bertz CT molecular complexity index is 1170. The van der Waals surface area contributed by atoms with Gasteiger partial charge >= 0.3 is 0 Å². The molecule has 0 N–H and O–H groups in total. The normalized spacial score (nSPS) is 19.1. The van der Waals surface area contributed by atoms with Crippen LogP contribution in [0.15, 0.2) is 28.7 Å². The molecule has 1 saturated carbocycles. The predicted molar refractivity (Wildman–Crippen MR) is 120 cm³/mol. The summed E-state index contributed by atoms with van der Waals surface area (Å²) in [7, 11) is 4.30. The van der Waals surface area contributed by atoms with Crippen LogP contribution in [0, 0.1) is 25.2 Å². The quantitative estimate of drug-likeness (QED) is 0.617. The zero-order chi connectivity index (χ0) is 21.0. The summed E-state index contributed by atoms with van der Waals surface area (Å²) in [6, 6.07) is 11.5. The van der Waals surface area contributed by atoms with Crippen LogP contribution in [-0.4, -0.2) is 43.1 Å². The third-order valence-corrected chi connectivity index (χ3v) is 6.64. The number of fused-ring (bicyclic) bond motifs is 1. The van der Waals surface area contributed by atoms with Gasteiger partial charge in [-0.25, -0.2) is 4.98 Å². The van der Waals surface area contributed by atoms with E-state index in [0.29, 0.717) is 17.5 Å². The molecule has 5 heteroatoms. The summed E-state index contributed by atoms with van der Waals surface area (Å²) in [6.45, 7) is 6.09. The van der Waals surface area contributed by atoms with Gasteiger partial charge in [-0.15, -0.1) is 0 Å². The van der Waals surface area contributed by atoms with E-state index in [-0.39, 0.29) is 0 Å². The lowest BCUT2D eigenvalue weighted by molar-refractivity contribution is 0.315. The monoisotopic (exact) mass is 400 g/mol. The zero-order valence-corrected chi connectivity index (χ0v) is 18.2. The second-order valence-electron chi connectivity index (χ2n) is 9.06. The number of rotatable bonds is 4. The summed E-state index contributed by atoms with van der Waals surface area (Å²) >= 11 is 0. The zero-order valence-electron chi connectivity index (χ0n) is 18.2. The highest BCUT2D eigenvalue weighted by atomic mass is 16.4. The largest absolute Gasteiger partial charge is 0.438 e. The number of aromatic nitrogens is 1. The van der Waals surface area contributed by atoms with E-state index in [2.05, 4.69) is 68.1 Å². The van der Waals surface area contributed by atoms with Gasteiger partial charge in [-0.1, -0.05) is 29.8 Å². The molecule has 5 rings (SSSR count). The van der Waals surface area contributed by atoms with Gasteiger partial charge in [0.2, 0.25) is 0 Å². The topological polar surface area (TPSA) is 56.3 Å². The van der Waals surface area contributed by atoms with Gasteiger partial charge in [0.05, 0.1) is 11.3 Å². The highest BCUT2D eigenvalue weighted by Gasteiger charge is 2.34. The number of hydrogen-bond acceptors (Lipinski definition) is 5. The van der Waals surface area contributed by atoms with Crippen LogP contribution in [0.2, 0.25) is 0 Å². The summed E-state index contributed by atoms with van der Waals surface area (Å²) in [4.78, 5) is 9.57. The van der Waals surface area contributed by atoms with Crippen LogP contribution in [0.4, 0.5) is 5.69 Å². The third kappa shape index (κ3) is 3.07. The summed E-state index contributed by atoms with van der Waals surface area (Å²) in [6.07, 6.45) is 3.37. The van der Waals surface area contributed by atoms with Gasteiger partial charge < -0.3 is 14.2 Å². The number of benzene rings is 2. The predicted octanol–water partition coefficient (Wildman–Crippen LogP) is 5.00. The summed E-state index contributed by atoms with van der Waals surface area (Å²) in [5.74, 6) is 1.21. The van der Waals surface area contributed by atoms with Crippen LogP contribution in [0.1, 0.15) is 47.8 Å². The minimum Gasteiger partial charge on any atom is -0.438 e. The molecular formula is C25H28N4O. The second-order valence-corrected chi connectivity index (χ2v) is 9.06. The summed E-state index contributed by atoms with van der Waals surface area (Å²) in [5.41, 5.74) is 7.72. The van der Waals surface area contributed by atoms with Gasteiger partial charge in [-0.05, 0) is 58.3 Å². The lowest BCUT2D eigenvalue weighted by Crippen LogP contribution is -2.31. The molecule has 2 fully saturated rings. The molecule has 0 amide bonds. The smallest absolute Gasteiger partial charge is 0.198 e. The van der Waals surface area contributed by atoms with Crippen LogP contribution in [0.5, 0.6) is 0 Å². The Morgan fingerprint density at radius 3 is 2.63 bits per heavy atom. The highest BCUT2D eigenvalue weighted by molar-refractivity contribution is 6.02. The van der Waals surface area contributed by atoms with Gasteiger partial charge in [0.15, 0.2) is 11.5 Å². The Balaban J connectivity index is 1.80. The Morgan fingerprint density at radius 1 is 1.20 bits per heavy atom. The lowest BCUT2D eigenvalue weighted by Gasteiger charge is -2.26. The molecule has 0 radical (unpaired) electrons. The fourth-order valence-corrected chi connectivity index (χ4v) is 4.72. The SMILES string of the molecule is Cc1cccc(-c2c(C)c(C#N)c3nc(C4CC4)oc3c2N2CC[C@H](N(C)C)C2)c1. The molecule has 5 nitrogen and oxygen atoms in total. The first-order valence-corrected chi connectivity index (χ1v) is 10.8. The molecule has 0 bridgehead atoms. The van der Waals surface area contributed by atoms with Crippen molar-refractivity contribution in [2.75, 3.05) is 32.1 Å². The molecule has 2 heterocycles. The van der Waals surface area contributed by atoms with Crippen LogP contribution in [0.25, 0.3) is 22.2 Å². The molecule has 2 aliphatic rings. The van der Waals surface area contributed by atoms with Gasteiger partial charge in [-0.3, -0.25) is 0 Å². The van der Waals surface area contributed by atoms with Crippen LogP contribution in [-0.2, 0) is 0 Å². The van der Waals surface area contributed by atoms with E-state index >= 15 is 0 Å². The summed E-state index contributed by atoms with van der Waals surface area (Å²) < 4.78 is 6.40. The molecule has 1 aromatic heterocycles. The molecule has 30 heavy (non-hydrogen) atoms. The molecule has 1 atom stereocenters. The van der Waals surface area contributed by atoms with Gasteiger partial charge in [0.25, 0.3) is 0 Å².